The maximum atomic E-state index is 14.8. The molecule has 5 rings (SSSR count). The van der Waals surface area contributed by atoms with Crippen molar-refractivity contribution in [3.05, 3.63) is 63.9 Å². The zero-order valence-corrected chi connectivity index (χ0v) is 24.4. The van der Waals surface area contributed by atoms with E-state index in [4.69, 9.17) is 28.1 Å². The van der Waals surface area contributed by atoms with E-state index in [1.165, 1.54) is 0 Å². The smallest absolute Gasteiger partial charge is 0.275 e. The summed E-state index contributed by atoms with van der Waals surface area (Å²) in [5, 5.41) is 7.99. The highest BCUT2D eigenvalue weighted by Crippen LogP contribution is 2.34. The molecule has 0 saturated heterocycles. The maximum Gasteiger partial charge on any atom is 0.275 e. The molecule has 2 amide bonds. The molecule has 42 heavy (non-hydrogen) atoms. The second-order valence-corrected chi connectivity index (χ2v) is 11.2. The van der Waals surface area contributed by atoms with Gasteiger partial charge in [0.1, 0.15) is 11.4 Å². The lowest BCUT2D eigenvalue weighted by Gasteiger charge is -2.25. The van der Waals surface area contributed by atoms with Crippen molar-refractivity contribution in [1.82, 2.24) is 15.8 Å². The number of benzene rings is 1. The van der Waals surface area contributed by atoms with Crippen molar-refractivity contribution in [2.24, 2.45) is 27.4 Å². The largest absolute Gasteiger partial charge is 0.370 e. The van der Waals surface area contributed by atoms with Gasteiger partial charge >= 0.3 is 0 Å². The highest BCUT2D eigenvalue weighted by molar-refractivity contribution is 6.30. The summed E-state index contributed by atoms with van der Waals surface area (Å²) >= 11 is 6.07. The van der Waals surface area contributed by atoms with Gasteiger partial charge in [0.15, 0.2) is 17.5 Å². The minimum atomic E-state index is -0.487. The first-order valence-corrected chi connectivity index (χ1v) is 14.5. The maximum absolute atomic E-state index is 14.8. The van der Waals surface area contributed by atoms with Gasteiger partial charge in [-0.1, -0.05) is 37.1 Å². The van der Waals surface area contributed by atoms with Gasteiger partial charge in [-0.15, -0.1) is 5.53 Å². The predicted octanol–water partition coefficient (Wildman–Crippen LogP) is 2.69. The SMILES string of the molecule is CC1=C(C(=O)NC2CCCC(C)C(=O)Nc3cc(N=C(N)N)ccc3C3=CC2=NCC3)N[NH2+]N1C1=CCCC(Cl)=C1F. The van der Waals surface area contributed by atoms with Crippen molar-refractivity contribution in [3.63, 3.8) is 0 Å². The summed E-state index contributed by atoms with van der Waals surface area (Å²) in [5.74, 6) is -1.25. The second-order valence-electron chi connectivity index (χ2n) is 10.8. The van der Waals surface area contributed by atoms with Crippen molar-refractivity contribution in [2.75, 3.05) is 11.9 Å². The molecular formula is C29H36ClFN9O2+. The fourth-order valence-electron chi connectivity index (χ4n) is 5.51. The number of anilines is 1. The van der Waals surface area contributed by atoms with Crippen LogP contribution in [0.4, 0.5) is 15.8 Å². The van der Waals surface area contributed by atoms with Crippen LogP contribution in [0.1, 0.15) is 57.9 Å². The van der Waals surface area contributed by atoms with Gasteiger partial charge in [-0.05, 0) is 62.8 Å². The average molecular weight is 597 g/mol. The molecule has 0 fully saturated rings. The molecule has 4 aliphatic rings. The molecule has 0 radical (unpaired) electrons. The molecule has 0 saturated carbocycles. The van der Waals surface area contributed by atoms with E-state index in [0.717, 1.165) is 16.8 Å². The number of carbonyl (C=O) groups excluding carboxylic acids is 2. The number of allylic oxidation sites excluding steroid dienone is 4. The van der Waals surface area contributed by atoms with Crippen LogP contribution in [-0.4, -0.2) is 41.1 Å². The Balaban J connectivity index is 1.44. The lowest BCUT2D eigenvalue weighted by Crippen LogP contribution is -2.97. The molecule has 3 heterocycles. The van der Waals surface area contributed by atoms with Gasteiger partial charge in [0, 0.05) is 18.0 Å². The van der Waals surface area contributed by atoms with Crippen molar-refractivity contribution in [3.8, 4) is 0 Å². The number of carbonyl (C=O) groups is 2. The molecule has 1 aromatic carbocycles. The molecule has 0 aromatic heterocycles. The van der Waals surface area contributed by atoms with Crippen LogP contribution in [0.2, 0.25) is 0 Å². The predicted molar refractivity (Wildman–Crippen MR) is 161 cm³/mol. The van der Waals surface area contributed by atoms with E-state index in [2.05, 4.69) is 21.1 Å². The van der Waals surface area contributed by atoms with E-state index in [9.17, 15) is 14.0 Å². The fourth-order valence-corrected chi connectivity index (χ4v) is 5.71. The van der Waals surface area contributed by atoms with Crippen molar-refractivity contribution in [2.45, 2.75) is 58.4 Å². The quantitative estimate of drug-likeness (QED) is 0.177. The lowest BCUT2D eigenvalue weighted by molar-refractivity contribution is -0.816. The van der Waals surface area contributed by atoms with Crippen LogP contribution in [0.3, 0.4) is 0 Å². The summed E-state index contributed by atoms with van der Waals surface area (Å²) in [5.41, 5.74) is 20.7. The molecule has 222 valence electrons. The summed E-state index contributed by atoms with van der Waals surface area (Å²) < 4.78 is 14.8. The van der Waals surface area contributed by atoms with Gasteiger partial charge in [-0.2, -0.15) is 5.01 Å². The Morgan fingerprint density at radius 2 is 2.10 bits per heavy atom. The summed E-state index contributed by atoms with van der Waals surface area (Å²) in [4.78, 5) is 35.6. The molecule has 1 aromatic rings. The highest BCUT2D eigenvalue weighted by Gasteiger charge is 2.34. The van der Waals surface area contributed by atoms with Crippen LogP contribution in [0.25, 0.3) is 5.57 Å². The molecule has 13 heteroatoms. The molecular weight excluding hydrogens is 561 g/mol. The number of dihydropyridines is 1. The zero-order chi connectivity index (χ0) is 30.0. The molecule has 9 N–H and O–H groups in total. The Labute approximate surface area is 248 Å². The van der Waals surface area contributed by atoms with Gasteiger partial charge in [-0.25, -0.2) is 14.8 Å². The van der Waals surface area contributed by atoms with Crippen LogP contribution in [-0.2, 0) is 9.59 Å². The molecule has 3 aliphatic heterocycles. The van der Waals surface area contributed by atoms with E-state index < -0.39 is 5.83 Å². The lowest BCUT2D eigenvalue weighted by atomic mass is 9.91. The number of nitrogens with one attached hydrogen (secondary N) is 3. The summed E-state index contributed by atoms with van der Waals surface area (Å²) in [6.07, 6.45) is 7.40. The number of amides is 2. The van der Waals surface area contributed by atoms with E-state index >= 15 is 0 Å². The average Bonchev–Trinajstić information content (AvgIpc) is 3.34. The number of aliphatic imine (C=N–C) groups is 2. The van der Waals surface area contributed by atoms with E-state index in [1.807, 2.05) is 19.1 Å². The van der Waals surface area contributed by atoms with Crippen molar-refractivity contribution in [1.29, 1.82) is 0 Å². The number of quaternary nitrogens is 1. The number of fused-ring (bicyclic) bond motifs is 3. The van der Waals surface area contributed by atoms with Crippen LogP contribution >= 0.6 is 11.6 Å². The van der Waals surface area contributed by atoms with Crippen LogP contribution in [0, 0.1) is 5.92 Å². The van der Waals surface area contributed by atoms with Gasteiger partial charge < -0.3 is 22.1 Å². The monoisotopic (exact) mass is 596 g/mol. The zero-order valence-electron chi connectivity index (χ0n) is 23.6. The Bertz CT molecular complexity index is 1490. The number of hydrogen-bond acceptors (Lipinski definition) is 6. The standard InChI is InChI=1S/C29H35ClFN9O2/c1-15-5-3-7-21(36-28(42)26-16(2)40(39-38-26)24-8-4-6-20(30)25(24)31)23-13-17(11-12-34-23)19-10-9-18(35-29(32)33)14-22(19)37-27(15)41/h8-10,13-15,21,38-39H,3-7,11-12H2,1-2H3,(H,36,42)(H,37,41)(H4,32,33,35)/p+1. The molecule has 0 spiro atoms. The van der Waals surface area contributed by atoms with Gasteiger partial charge in [0.25, 0.3) is 5.91 Å². The van der Waals surface area contributed by atoms with Gasteiger partial charge in [-0.3, -0.25) is 14.6 Å². The van der Waals surface area contributed by atoms with Crippen LogP contribution in [0.15, 0.2) is 68.3 Å². The third-order valence-electron chi connectivity index (χ3n) is 7.81. The van der Waals surface area contributed by atoms with Crippen molar-refractivity contribution >= 4 is 52.0 Å². The van der Waals surface area contributed by atoms with Gasteiger partial charge in [0.05, 0.1) is 28.2 Å². The Morgan fingerprint density at radius 1 is 1.29 bits per heavy atom. The summed E-state index contributed by atoms with van der Waals surface area (Å²) in [7, 11) is 0. The molecule has 11 nitrogen and oxygen atoms in total. The summed E-state index contributed by atoms with van der Waals surface area (Å²) in [6, 6.07) is 5.05. The van der Waals surface area contributed by atoms with E-state index in [-0.39, 0.29) is 34.8 Å². The minimum Gasteiger partial charge on any atom is -0.370 e. The molecule has 2 bridgehead atoms. The number of guanidine groups is 1. The minimum absolute atomic E-state index is 0.0728. The van der Waals surface area contributed by atoms with E-state index in [0.29, 0.717) is 73.5 Å². The first-order valence-electron chi connectivity index (χ1n) is 14.1. The Hall–Kier alpha value is -4.16. The Morgan fingerprint density at radius 3 is 2.88 bits per heavy atom. The number of rotatable bonds is 4. The number of hydrogen-bond donors (Lipinski definition) is 6. The van der Waals surface area contributed by atoms with E-state index in [1.54, 1.807) is 35.7 Å². The fraction of sp³-hybridized carbons (Fsp3) is 0.379. The summed E-state index contributed by atoms with van der Waals surface area (Å²) in [6.45, 7) is 4.18. The third-order valence-corrected chi connectivity index (χ3v) is 8.17. The van der Waals surface area contributed by atoms with Gasteiger partial charge in [0.2, 0.25) is 5.91 Å². The highest BCUT2D eigenvalue weighted by atomic mass is 35.5. The third kappa shape index (κ3) is 6.19. The topological polar surface area (TPSA) is 167 Å². The Kier molecular flexibility index (Phi) is 8.64. The number of nitrogens with zero attached hydrogens (tertiary/aromatic N) is 3. The second kappa shape index (κ2) is 12.4. The van der Waals surface area contributed by atoms with Crippen LogP contribution in [0.5, 0.6) is 0 Å². The first kappa shape index (κ1) is 29.3. The number of halogens is 2. The normalized spacial score (nSPS) is 22.9. The number of nitrogens with two attached hydrogens (primary N) is 3. The molecule has 2 atom stereocenters. The van der Waals surface area contributed by atoms with Crippen LogP contribution < -0.4 is 33.1 Å². The van der Waals surface area contributed by atoms with Crippen molar-refractivity contribution < 1.29 is 19.5 Å². The molecule has 1 aliphatic carbocycles. The first-order chi connectivity index (χ1) is 20.1. The molecule has 2 unspecified atom stereocenters.